The maximum atomic E-state index is 12.6. The van der Waals surface area contributed by atoms with Crippen molar-refractivity contribution in [2.45, 2.75) is 39.7 Å². The Morgan fingerprint density at radius 3 is 2.37 bits per heavy atom. The van der Waals surface area contributed by atoms with Crippen molar-refractivity contribution in [1.82, 2.24) is 15.0 Å². The monoisotopic (exact) mass is 364 g/mol. The third-order valence-corrected chi connectivity index (χ3v) is 4.48. The van der Waals surface area contributed by atoms with Gasteiger partial charge in [0.15, 0.2) is 0 Å². The van der Waals surface area contributed by atoms with E-state index in [-0.39, 0.29) is 16.9 Å². The molecule has 1 heterocycles. The van der Waals surface area contributed by atoms with Crippen LogP contribution in [-0.2, 0) is 12.0 Å². The second-order valence-corrected chi connectivity index (χ2v) is 7.41. The molecule has 3 aromatic rings. The fraction of sp³-hybridized carbons (Fsp3) is 0.286. The van der Waals surface area contributed by atoms with Gasteiger partial charge in [-0.15, -0.1) is 0 Å². The van der Waals surface area contributed by atoms with E-state index in [2.05, 4.69) is 36.6 Å². The van der Waals surface area contributed by atoms with E-state index in [1.165, 1.54) is 4.57 Å². The van der Waals surface area contributed by atoms with Crippen LogP contribution in [0, 0.1) is 0 Å². The van der Waals surface area contributed by atoms with Crippen LogP contribution in [0.3, 0.4) is 0 Å². The minimum absolute atomic E-state index is 0.0272. The molecule has 2 N–H and O–H groups in total. The molecule has 0 atom stereocenters. The van der Waals surface area contributed by atoms with Crippen LogP contribution in [0.1, 0.15) is 43.6 Å². The fourth-order valence-corrected chi connectivity index (χ4v) is 2.86. The normalized spacial score (nSPS) is 11.4. The molecule has 0 aliphatic heterocycles. The van der Waals surface area contributed by atoms with Crippen molar-refractivity contribution < 1.29 is 4.79 Å². The molecule has 0 aliphatic rings. The topological polar surface area (TPSA) is 76.0 Å². The highest BCUT2D eigenvalue weighted by Crippen LogP contribution is 2.22. The predicted molar refractivity (Wildman–Crippen MR) is 108 cm³/mol. The van der Waals surface area contributed by atoms with Gasteiger partial charge in [0, 0.05) is 12.1 Å². The number of nitrogens with one attached hydrogen (secondary N) is 2. The molecule has 6 nitrogen and oxygen atoms in total. The quantitative estimate of drug-likeness (QED) is 0.695. The molecule has 0 unspecified atom stereocenters. The first kappa shape index (κ1) is 18.6. The van der Waals surface area contributed by atoms with E-state index in [1.54, 1.807) is 24.3 Å². The molecule has 0 fully saturated rings. The molecule has 0 saturated carbocycles. The highest BCUT2D eigenvalue weighted by atomic mass is 16.2. The lowest BCUT2D eigenvalue weighted by Gasteiger charge is -2.19. The number of hydrogen-bond donors (Lipinski definition) is 2. The van der Waals surface area contributed by atoms with Gasteiger partial charge in [0.05, 0.1) is 10.9 Å². The number of hydrogen-bond acceptors (Lipinski definition) is 4. The van der Waals surface area contributed by atoms with Crippen LogP contribution in [-0.4, -0.2) is 15.5 Å². The van der Waals surface area contributed by atoms with Crippen molar-refractivity contribution in [2.24, 2.45) is 0 Å². The summed E-state index contributed by atoms with van der Waals surface area (Å²) in [5.74, 6) is 0.0152. The number of aromatic nitrogens is 2. The molecule has 0 saturated heterocycles. The predicted octanol–water partition coefficient (Wildman–Crippen LogP) is 3.47. The van der Waals surface area contributed by atoms with Gasteiger partial charge in [-0.1, -0.05) is 45.0 Å². The number of fused-ring (bicyclic) bond motifs is 1. The first-order valence-corrected chi connectivity index (χ1v) is 8.97. The van der Waals surface area contributed by atoms with E-state index in [0.717, 1.165) is 5.56 Å². The zero-order valence-corrected chi connectivity index (χ0v) is 16.0. The maximum Gasteiger partial charge on any atom is 0.269 e. The van der Waals surface area contributed by atoms with Crippen LogP contribution in [0.4, 0.5) is 5.95 Å². The molecule has 140 valence electrons. The molecular weight excluding hydrogens is 340 g/mol. The van der Waals surface area contributed by atoms with Crippen molar-refractivity contribution in [3.05, 3.63) is 70.0 Å². The molecule has 0 aliphatic carbocycles. The van der Waals surface area contributed by atoms with Crippen molar-refractivity contribution in [1.29, 1.82) is 0 Å². The number of amides is 1. The Labute approximate surface area is 158 Å². The SMILES string of the molecule is CCn1c(NNC(=O)c2ccc(C(C)(C)C)cc2)nc2ccccc2c1=O. The summed E-state index contributed by atoms with van der Waals surface area (Å²) in [6.07, 6.45) is 0. The standard InChI is InChI=1S/C21H24N4O2/c1-5-25-19(27)16-8-6-7-9-17(16)22-20(25)24-23-18(26)14-10-12-15(13-11-14)21(2,3)4/h6-13H,5H2,1-4H3,(H,22,24)(H,23,26). The Morgan fingerprint density at radius 2 is 1.74 bits per heavy atom. The van der Waals surface area contributed by atoms with Crippen LogP contribution in [0.5, 0.6) is 0 Å². The Bertz CT molecular complexity index is 1030. The van der Waals surface area contributed by atoms with Crippen molar-refractivity contribution >= 4 is 22.8 Å². The highest BCUT2D eigenvalue weighted by molar-refractivity contribution is 5.94. The van der Waals surface area contributed by atoms with Gasteiger partial charge in [-0.25, -0.2) is 4.98 Å². The molecule has 1 amide bonds. The Hall–Kier alpha value is -3.15. The largest absolute Gasteiger partial charge is 0.277 e. The van der Waals surface area contributed by atoms with Gasteiger partial charge in [-0.3, -0.25) is 25.0 Å². The molecule has 0 radical (unpaired) electrons. The molecule has 1 aromatic heterocycles. The first-order chi connectivity index (χ1) is 12.8. The zero-order chi connectivity index (χ0) is 19.6. The van der Waals surface area contributed by atoms with Crippen molar-refractivity contribution in [3.8, 4) is 0 Å². The molecule has 6 heteroatoms. The number of para-hydroxylation sites is 1. The van der Waals surface area contributed by atoms with Crippen molar-refractivity contribution in [3.63, 3.8) is 0 Å². The highest BCUT2D eigenvalue weighted by Gasteiger charge is 2.15. The minimum Gasteiger partial charge on any atom is -0.277 e. The summed E-state index contributed by atoms with van der Waals surface area (Å²) in [4.78, 5) is 29.5. The Kier molecular flexibility index (Phi) is 4.99. The van der Waals surface area contributed by atoms with E-state index in [1.807, 2.05) is 31.2 Å². The number of anilines is 1. The number of carbonyl (C=O) groups is 1. The van der Waals surface area contributed by atoms with E-state index in [9.17, 15) is 9.59 Å². The summed E-state index contributed by atoms with van der Waals surface area (Å²) in [6, 6.07) is 14.6. The van der Waals surface area contributed by atoms with Gasteiger partial charge in [0.2, 0.25) is 5.95 Å². The zero-order valence-electron chi connectivity index (χ0n) is 16.0. The van der Waals surface area contributed by atoms with Gasteiger partial charge in [-0.2, -0.15) is 0 Å². The van der Waals surface area contributed by atoms with Crippen LogP contribution in [0.15, 0.2) is 53.3 Å². The number of nitrogens with zero attached hydrogens (tertiary/aromatic N) is 2. The lowest BCUT2D eigenvalue weighted by Crippen LogP contribution is -2.34. The van der Waals surface area contributed by atoms with Gasteiger partial charge < -0.3 is 0 Å². The second-order valence-electron chi connectivity index (χ2n) is 7.41. The molecule has 0 bridgehead atoms. The van der Waals surface area contributed by atoms with Crippen LogP contribution in [0.25, 0.3) is 10.9 Å². The van der Waals surface area contributed by atoms with E-state index in [0.29, 0.717) is 29.0 Å². The van der Waals surface area contributed by atoms with Crippen LogP contribution in [0.2, 0.25) is 0 Å². The summed E-state index contributed by atoms with van der Waals surface area (Å²) >= 11 is 0. The smallest absolute Gasteiger partial charge is 0.269 e. The maximum absolute atomic E-state index is 12.6. The van der Waals surface area contributed by atoms with E-state index in [4.69, 9.17) is 0 Å². The molecule has 2 aromatic carbocycles. The number of carbonyl (C=O) groups excluding carboxylic acids is 1. The van der Waals surface area contributed by atoms with Crippen LogP contribution < -0.4 is 16.4 Å². The third kappa shape index (κ3) is 3.84. The van der Waals surface area contributed by atoms with E-state index < -0.39 is 0 Å². The van der Waals surface area contributed by atoms with Gasteiger partial charge >= 0.3 is 0 Å². The summed E-state index contributed by atoms with van der Waals surface area (Å²) < 4.78 is 1.49. The minimum atomic E-state index is -0.291. The number of hydrazine groups is 1. The summed E-state index contributed by atoms with van der Waals surface area (Å²) in [6.45, 7) is 8.67. The van der Waals surface area contributed by atoms with Gasteiger partial charge in [0.1, 0.15) is 0 Å². The molecular formula is C21H24N4O2. The molecule has 0 spiro atoms. The first-order valence-electron chi connectivity index (χ1n) is 8.97. The van der Waals surface area contributed by atoms with Crippen molar-refractivity contribution in [2.75, 3.05) is 5.43 Å². The second kappa shape index (κ2) is 7.23. The number of rotatable bonds is 4. The summed E-state index contributed by atoms with van der Waals surface area (Å²) in [5, 5.41) is 0.550. The third-order valence-electron chi connectivity index (χ3n) is 4.48. The molecule has 27 heavy (non-hydrogen) atoms. The van der Waals surface area contributed by atoms with Gasteiger partial charge in [-0.05, 0) is 42.2 Å². The Balaban J connectivity index is 1.82. The summed E-state index contributed by atoms with van der Waals surface area (Å²) in [7, 11) is 0. The lowest BCUT2D eigenvalue weighted by atomic mass is 9.87. The number of benzene rings is 2. The fourth-order valence-electron chi connectivity index (χ4n) is 2.86. The average Bonchev–Trinajstić information content (AvgIpc) is 2.65. The Morgan fingerprint density at radius 1 is 1.07 bits per heavy atom. The van der Waals surface area contributed by atoms with Gasteiger partial charge in [0.25, 0.3) is 11.5 Å². The van der Waals surface area contributed by atoms with Crippen LogP contribution >= 0.6 is 0 Å². The molecule has 3 rings (SSSR count). The summed E-state index contributed by atoms with van der Waals surface area (Å²) in [5.41, 5.74) is 7.57. The average molecular weight is 364 g/mol. The van der Waals surface area contributed by atoms with E-state index >= 15 is 0 Å². The lowest BCUT2D eigenvalue weighted by molar-refractivity contribution is 0.0962.